The van der Waals surface area contributed by atoms with Crippen LogP contribution in [0.3, 0.4) is 0 Å². The minimum Gasteiger partial charge on any atom is -0.489 e. The molecule has 0 unspecified atom stereocenters. The van der Waals surface area contributed by atoms with Crippen molar-refractivity contribution in [2.45, 2.75) is 46.4 Å². The van der Waals surface area contributed by atoms with Gasteiger partial charge < -0.3 is 9.47 Å². The number of nitrogens with zero attached hydrogens (tertiary/aromatic N) is 5. The number of carbonyl (C=O) groups is 1. The van der Waals surface area contributed by atoms with E-state index in [2.05, 4.69) is 65.1 Å². The maximum atomic E-state index is 12.1. The summed E-state index contributed by atoms with van der Waals surface area (Å²) >= 11 is 0. The lowest BCUT2D eigenvalue weighted by Crippen LogP contribution is -2.38. The van der Waals surface area contributed by atoms with Gasteiger partial charge in [0.05, 0.1) is 31.1 Å². The number of aromatic nitrogens is 4. The van der Waals surface area contributed by atoms with E-state index in [1.165, 1.54) is 11.9 Å². The highest BCUT2D eigenvalue weighted by molar-refractivity contribution is 5.81. The Balaban J connectivity index is 1.39. The van der Waals surface area contributed by atoms with Crippen molar-refractivity contribution in [3.63, 3.8) is 0 Å². The topological polar surface area (TPSA) is 82.4 Å². The molecule has 2 aromatic carbocycles. The molecule has 0 saturated heterocycles. The molecule has 0 amide bonds. The van der Waals surface area contributed by atoms with Crippen LogP contribution in [-0.4, -0.2) is 50.3 Å². The highest BCUT2D eigenvalue weighted by atomic mass is 16.5. The van der Waals surface area contributed by atoms with Crippen LogP contribution in [-0.2, 0) is 29.2 Å². The summed E-state index contributed by atoms with van der Waals surface area (Å²) in [7, 11) is 0. The standard InChI is InChI=1S/C30H33N5O3/c1-4-37-28(36)18-34-15-16-35-27(17-34)29(30(33-35)26-13-14-31-20-32-26)24-9-11-25(12-10-24)38-19-22-5-7-23(8-6-22)21(2)3/h5-14,20-21H,4,15-19H2,1-3H3. The van der Waals surface area contributed by atoms with Crippen molar-refractivity contribution >= 4 is 5.97 Å². The lowest BCUT2D eigenvalue weighted by Gasteiger charge is -2.27. The number of hydrogen-bond acceptors (Lipinski definition) is 7. The Hall–Kier alpha value is -4.04. The molecule has 0 saturated carbocycles. The van der Waals surface area contributed by atoms with E-state index < -0.39 is 0 Å². The average molecular weight is 512 g/mol. The number of rotatable bonds is 9. The molecule has 196 valence electrons. The molecule has 3 heterocycles. The van der Waals surface area contributed by atoms with Crippen molar-refractivity contribution in [3.05, 3.63) is 83.9 Å². The van der Waals surface area contributed by atoms with Crippen LogP contribution < -0.4 is 4.74 Å². The Bertz CT molecular complexity index is 1370. The van der Waals surface area contributed by atoms with Gasteiger partial charge in [0.25, 0.3) is 0 Å². The van der Waals surface area contributed by atoms with Crippen molar-refractivity contribution in [1.29, 1.82) is 0 Å². The molecule has 0 radical (unpaired) electrons. The fourth-order valence-electron chi connectivity index (χ4n) is 4.69. The summed E-state index contributed by atoms with van der Waals surface area (Å²) in [6.45, 7) is 9.36. The molecular weight excluding hydrogens is 478 g/mol. The molecule has 4 aromatic rings. The average Bonchev–Trinajstić information content (AvgIpc) is 3.32. The molecule has 1 aliphatic rings. The number of hydrogen-bond donors (Lipinski definition) is 0. The summed E-state index contributed by atoms with van der Waals surface area (Å²) in [5.41, 5.74) is 7.10. The number of benzene rings is 2. The lowest BCUT2D eigenvalue weighted by molar-refractivity contribution is -0.144. The molecule has 0 fully saturated rings. The monoisotopic (exact) mass is 511 g/mol. The van der Waals surface area contributed by atoms with Gasteiger partial charge in [0.15, 0.2) is 0 Å². The van der Waals surface area contributed by atoms with Crippen molar-refractivity contribution in [1.82, 2.24) is 24.6 Å². The van der Waals surface area contributed by atoms with Gasteiger partial charge in [-0.25, -0.2) is 9.97 Å². The van der Waals surface area contributed by atoms with Crippen LogP contribution in [0, 0.1) is 0 Å². The third-order valence-corrected chi connectivity index (χ3v) is 6.74. The number of ether oxygens (including phenoxy) is 2. The fraction of sp³-hybridized carbons (Fsp3) is 0.333. The van der Waals surface area contributed by atoms with E-state index in [0.717, 1.165) is 46.1 Å². The maximum Gasteiger partial charge on any atom is 0.320 e. The van der Waals surface area contributed by atoms with Crippen molar-refractivity contribution in [2.75, 3.05) is 19.7 Å². The first-order valence-corrected chi connectivity index (χ1v) is 13.1. The van der Waals surface area contributed by atoms with Crippen molar-refractivity contribution in [2.24, 2.45) is 0 Å². The molecule has 0 N–H and O–H groups in total. The van der Waals surface area contributed by atoms with E-state index in [4.69, 9.17) is 14.6 Å². The quantitative estimate of drug-likeness (QED) is 0.290. The first-order valence-electron chi connectivity index (χ1n) is 13.1. The third-order valence-electron chi connectivity index (χ3n) is 6.74. The second-order valence-electron chi connectivity index (χ2n) is 9.71. The van der Waals surface area contributed by atoms with Crippen molar-refractivity contribution < 1.29 is 14.3 Å². The third kappa shape index (κ3) is 5.75. The Morgan fingerprint density at radius 3 is 2.50 bits per heavy atom. The van der Waals surface area contributed by atoms with Crippen LogP contribution >= 0.6 is 0 Å². The van der Waals surface area contributed by atoms with Gasteiger partial charge in [-0.1, -0.05) is 50.2 Å². The Morgan fingerprint density at radius 2 is 1.82 bits per heavy atom. The smallest absolute Gasteiger partial charge is 0.320 e. The molecule has 1 aliphatic heterocycles. The van der Waals surface area contributed by atoms with Gasteiger partial charge in [-0.05, 0) is 47.7 Å². The second-order valence-corrected chi connectivity index (χ2v) is 9.71. The van der Waals surface area contributed by atoms with Crippen LogP contribution in [0.2, 0.25) is 0 Å². The van der Waals surface area contributed by atoms with Gasteiger partial charge in [-0.2, -0.15) is 5.10 Å². The van der Waals surface area contributed by atoms with E-state index in [-0.39, 0.29) is 12.5 Å². The molecule has 0 bridgehead atoms. The fourth-order valence-corrected chi connectivity index (χ4v) is 4.69. The van der Waals surface area contributed by atoms with Gasteiger partial charge in [0.2, 0.25) is 0 Å². The van der Waals surface area contributed by atoms with Crippen LogP contribution in [0.1, 0.15) is 43.5 Å². The Kier molecular flexibility index (Phi) is 7.79. The zero-order chi connectivity index (χ0) is 26.5. The molecular formula is C30H33N5O3. The zero-order valence-electron chi connectivity index (χ0n) is 22.1. The van der Waals surface area contributed by atoms with Crippen LogP contribution in [0.4, 0.5) is 0 Å². The van der Waals surface area contributed by atoms with Crippen molar-refractivity contribution in [3.8, 4) is 28.3 Å². The summed E-state index contributed by atoms with van der Waals surface area (Å²) in [5.74, 6) is 1.10. The highest BCUT2D eigenvalue weighted by Gasteiger charge is 2.27. The molecule has 0 spiro atoms. The summed E-state index contributed by atoms with van der Waals surface area (Å²) < 4.78 is 13.3. The minimum absolute atomic E-state index is 0.210. The minimum atomic E-state index is -0.210. The van der Waals surface area contributed by atoms with Gasteiger partial charge in [-0.15, -0.1) is 0 Å². The Labute approximate surface area is 223 Å². The normalized spacial score (nSPS) is 13.4. The summed E-state index contributed by atoms with van der Waals surface area (Å²) in [4.78, 5) is 22.8. The number of carbonyl (C=O) groups excluding carboxylic acids is 1. The molecule has 0 atom stereocenters. The zero-order valence-corrected chi connectivity index (χ0v) is 22.1. The lowest BCUT2D eigenvalue weighted by atomic mass is 10.00. The first kappa shape index (κ1) is 25.6. The molecule has 8 heteroatoms. The second kappa shape index (κ2) is 11.6. The highest BCUT2D eigenvalue weighted by Crippen LogP contribution is 2.36. The largest absolute Gasteiger partial charge is 0.489 e. The molecule has 2 aromatic heterocycles. The van der Waals surface area contributed by atoms with Gasteiger partial charge in [0.1, 0.15) is 24.4 Å². The maximum absolute atomic E-state index is 12.1. The van der Waals surface area contributed by atoms with Crippen LogP contribution in [0.5, 0.6) is 5.75 Å². The SMILES string of the molecule is CCOC(=O)CN1CCn2nc(-c3ccncn3)c(-c3ccc(OCc4ccc(C(C)C)cc4)cc3)c2C1. The molecule has 8 nitrogen and oxygen atoms in total. The van der Waals surface area contributed by atoms with E-state index >= 15 is 0 Å². The van der Waals surface area contributed by atoms with E-state index in [1.807, 2.05) is 29.8 Å². The predicted octanol–water partition coefficient (Wildman–Crippen LogP) is 5.09. The van der Waals surface area contributed by atoms with Gasteiger partial charge in [-0.3, -0.25) is 14.4 Å². The summed E-state index contributed by atoms with van der Waals surface area (Å²) in [5, 5.41) is 4.92. The number of esters is 1. The summed E-state index contributed by atoms with van der Waals surface area (Å²) in [6, 6.07) is 18.5. The van der Waals surface area contributed by atoms with Gasteiger partial charge in [0, 0.05) is 24.8 Å². The number of fused-ring (bicyclic) bond motifs is 1. The van der Waals surface area contributed by atoms with Gasteiger partial charge >= 0.3 is 5.97 Å². The Morgan fingerprint density at radius 1 is 1.03 bits per heavy atom. The summed E-state index contributed by atoms with van der Waals surface area (Å²) in [6.07, 6.45) is 3.26. The van der Waals surface area contributed by atoms with E-state index in [0.29, 0.717) is 32.2 Å². The van der Waals surface area contributed by atoms with E-state index in [1.54, 1.807) is 6.20 Å². The molecule has 38 heavy (non-hydrogen) atoms. The molecule has 0 aliphatic carbocycles. The molecule has 5 rings (SSSR count). The first-order chi connectivity index (χ1) is 18.5. The van der Waals surface area contributed by atoms with E-state index in [9.17, 15) is 4.79 Å². The predicted molar refractivity (Wildman–Crippen MR) is 145 cm³/mol. The van der Waals surface area contributed by atoms with Crippen LogP contribution in [0.25, 0.3) is 22.5 Å². The van der Waals surface area contributed by atoms with Crippen LogP contribution in [0.15, 0.2) is 67.1 Å².